The van der Waals surface area contributed by atoms with Gasteiger partial charge in [0.15, 0.2) is 0 Å². The first-order valence-corrected chi connectivity index (χ1v) is 5.77. The van der Waals surface area contributed by atoms with E-state index in [1.807, 2.05) is 24.3 Å². The Hall–Kier alpha value is -1.13. The number of fused-ring (bicyclic) bond motifs is 1. The van der Waals surface area contributed by atoms with Gasteiger partial charge in [0.2, 0.25) is 0 Å². The summed E-state index contributed by atoms with van der Waals surface area (Å²) in [5, 5.41) is 0. The van der Waals surface area contributed by atoms with Gasteiger partial charge in [-0.1, -0.05) is 24.3 Å². The first kappa shape index (κ1) is 9.43. The molecule has 4 heteroatoms. The summed E-state index contributed by atoms with van der Waals surface area (Å²) >= 11 is 0. The Morgan fingerprint density at radius 1 is 1.14 bits per heavy atom. The summed E-state index contributed by atoms with van der Waals surface area (Å²) < 4.78 is 30.6. The molecular weight excluding hydrogens is 200 g/mol. The van der Waals surface area contributed by atoms with Crippen LogP contribution in [0, 0.1) is 0 Å². The molecule has 1 aromatic rings. The van der Waals surface area contributed by atoms with Gasteiger partial charge in [-0.25, -0.2) is 0 Å². The summed E-state index contributed by atoms with van der Waals surface area (Å²) in [7, 11) is -4.01. The van der Waals surface area contributed by atoms with Crippen LogP contribution in [0.5, 0.6) is 0 Å². The fourth-order valence-corrected chi connectivity index (χ4v) is 2.25. The van der Waals surface area contributed by atoms with Crippen LogP contribution in [0.25, 0.3) is 6.08 Å². The Morgan fingerprint density at radius 2 is 1.86 bits per heavy atom. The van der Waals surface area contributed by atoms with Crippen molar-refractivity contribution in [2.24, 2.45) is 0 Å². The van der Waals surface area contributed by atoms with Crippen molar-refractivity contribution in [3.8, 4) is 0 Å². The summed E-state index contributed by atoms with van der Waals surface area (Å²) in [6.45, 7) is 0. The molecule has 0 amide bonds. The number of hydrogen-bond acceptors (Lipinski definition) is 2. The van der Waals surface area contributed by atoms with E-state index in [1.165, 1.54) is 6.08 Å². The van der Waals surface area contributed by atoms with Gasteiger partial charge in [0, 0.05) is 0 Å². The normalized spacial score (nSPS) is 15.9. The van der Waals surface area contributed by atoms with Gasteiger partial charge in [-0.15, -0.1) is 0 Å². The standard InChI is InChI=1S/C10H10O3S/c11-14(12,13)10-6-5-8-3-1-2-4-9(8)7-10/h1-4,7H,5-6H2,(H,11,12,13). The van der Waals surface area contributed by atoms with Gasteiger partial charge in [-0.05, 0) is 30.0 Å². The van der Waals surface area contributed by atoms with Crippen molar-refractivity contribution in [1.29, 1.82) is 0 Å². The van der Waals surface area contributed by atoms with E-state index in [1.54, 1.807) is 0 Å². The van der Waals surface area contributed by atoms with Crippen LogP contribution in [0.3, 0.4) is 0 Å². The number of benzene rings is 1. The van der Waals surface area contributed by atoms with Crippen molar-refractivity contribution in [1.82, 2.24) is 0 Å². The third kappa shape index (κ3) is 1.71. The fourth-order valence-electron chi connectivity index (χ4n) is 1.61. The monoisotopic (exact) mass is 210 g/mol. The molecule has 0 aromatic heterocycles. The van der Waals surface area contributed by atoms with Gasteiger partial charge in [0.1, 0.15) is 0 Å². The van der Waals surface area contributed by atoms with Crippen LogP contribution < -0.4 is 0 Å². The molecular formula is C10H10O3S. The van der Waals surface area contributed by atoms with E-state index in [0.717, 1.165) is 11.1 Å². The second-order valence-corrected chi connectivity index (χ2v) is 4.76. The van der Waals surface area contributed by atoms with Crippen LogP contribution in [0.1, 0.15) is 17.5 Å². The molecule has 0 radical (unpaired) electrons. The van der Waals surface area contributed by atoms with E-state index in [0.29, 0.717) is 12.8 Å². The molecule has 0 saturated heterocycles. The second-order valence-electron chi connectivity index (χ2n) is 3.28. The molecule has 1 aliphatic rings. The van der Waals surface area contributed by atoms with E-state index < -0.39 is 10.1 Å². The van der Waals surface area contributed by atoms with E-state index in [4.69, 9.17) is 4.55 Å². The van der Waals surface area contributed by atoms with Crippen molar-refractivity contribution in [3.05, 3.63) is 40.3 Å². The zero-order valence-corrected chi connectivity index (χ0v) is 8.29. The van der Waals surface area contributed by atoms with E-state index in [9.17, 15) is 8.42 Å². The summed E-state index contributed by atoms with van der Waals surface area (Å²) in [4.78, 5) is 0.108. The van der Waals surface area contributed by atoms with Crippen molar-refractivity contribution in [2.45, 2.75) is 12.8 Å². The van der Waals surface area contributed by atoms with E-state index in [2.05, 4.69) is 0 Å². The van der Waals surface area contributed by atoms with Gasteiger partial charge < -0.3 is 0 Å². The average molecular weight is 210 g/mol. The van der Waals surface area contributed by atoms with Gasteiger partial charge in [-0.2, -0.15) is 8.42 Å². The summed E-state index contributed by atoms with van der Waals surface area (Å²) in [6.07, 6.45) is 2.59. The molecule has 0 atom stereocenters. The maximum Gasteiger partial charge on any atom is 0.290 e. The lowest BCUT2D eigenvalue weighted by Crippen LogP contribution is -2.07. The summed E-state index contributed by atoms with van der Waals surface area (Å²) in [5.41, 5.74) is 2.01. The Balaban J connectivity index is 2.51. The molecule has 0 bridgehead atoms. The predicted octanol–water partition coefficient (Wildman–Crippen LogP) is 1.86. The van der Waals surface area contributed by atoms with Crippen molar-refractivity contribution < 1.29 is 13.0 Å². The largest absolute Gasteiger partial charge is 0.290 e. The third-order valence-electron chi connectivity index (χ3n) is 2.34. The molecule has 1 N–H and O–H groups in total. The minimum absolute atomic E-state index is 0.108. The van der Waals surface area contributed by atoms with Gasteiger partial charge in [-0.3, -0.25) is 4.55 Å². The molecule has 1 aliphatic carbocycles. The maximum absolute atomic E-state index is 10.9. The molecule has 0 aliphatic heterocycles. The number of allylic oxidation sites excluding steroid dienone is 1. The number of rotatable bonds is 1. The topological polar surface area (TPSA) is 54.4 Å². The Bertz CT molecular complexity index is 486. The molecule has 14 heavy (non-hydrogen) atoms. The highest BCUT2D eigenvalue weighted by Gasteiger charge is 2.18. The van der Waals surface area contributed by atoms with Crippen LogP contribution in [0.4, 0.5) is 0 Å². The average Bonchev–Trinajstić information content (AvgIpc) is 2.16. The molecule has 0 heterocycles. The van der Waals surface area contributed by atoms with Gasteiger partial charge >= 0.3 is 0 Å². The second kappa shape index (κ2) is 3.22. The lowest BCUT2D eigenvalue weighted by molar-refractivity contribution is 0.489. The Morgan fingerprint density at radius 3 is 2.57 bits per heavy atom. The first-order chi connectivity index (χ1) is 6.57. The highest BCUT2D eigenvalue weighted by Crippen LogP contribution is 2.25. The quantitative estimate of drug-likeness (QED) is 0.720. The van der Waals surface area contributed by atoms with Crippen LogP contribution in [0.15, 0.2) is 29.2 Å². The minimum atomic E-state index is -4.01. The van der Waals surface area contributed by atoms with Gasteiger partial charge in [0.25, 0.3) is 10.1 Å². The predicted molar refractivity (Wildman–Crippen MR) is 54.3 cm³/mol. The zero-order valence-electron chi connectivity index (χ0n) is 7.47. The number of hydrogen-bond donors (Lipinski definition) is 1. The minimum Gasteiger partial charge on any atom is -0.282 e. The van der Waals surface area contributed by atoms with Crippen LogP contribution in [0.2, 0.25) is 0 Å². The Kier molecular flexibility index (Phi) is 2.17. The van der Waals surface area contributed by atoms with Crippen molar-refractivity contribution >= 4 is 16.2 Å². The van der Waals surface area contributed by atoms with Crippen LogP contribution in [-0.2, 0) is 16.5 Å². The van der Waals surface area contributed by atoms with E-state index in [-0.39, 0.29) is 4.91 Å². The van der Waals surface area contributed by atoms with Crippen molar-refractivity contribution in [2.75, 3.05) is 0 Å². The molecule has 0 saturated carbocycles. The summed E-state index contributed by atoms with van der Waals surface area (Å²) in [6, 6.07) is 7.58. The molecule has 74 valence electrons. The fraction of sp³-hybridized carbons (Fsp3) is 0.200. The maximum atomic E-state index is 10.9. The first-order valence-electron chi connectivity index (χ1n) is 4.33. The highest BCUT2D eigenvalue weighted by molar-refractivity contribution is 7.90. The number of aryl methyl sites for hydroxylation is 1. The molecule has 1 aromatic carbocycles. The highest BCUT2D eigenvalue weighted by atomic mass is 32.2. The molecule has 0 spiro atoms. The Labute approximate surface area is 82.8 Å². The molecule has 0 unspecified atom stereocenters. The van der Waals surface area contributed by atoms with Crippen molar-refractivity contribution in [3.63, 3.8) is 0 Å². The molecule has 2 rings (SSSR count). The van der Waals surface area contributed by atoms with E-state index >= 15 is 0 Å². The third-order valence-corrected chi connectivity index (χ3v) is 3.33. The van der Waals surface area contributed by atoms with Crippen LogP contribution >= 0.6 is 0 Å². The molecule has 3 nitrogen and oxygen atoms in total. The summed E-state index contributed by atoms with van der Waals surface area (Å²) in [5.74, 6) is 0. The lowest BCUT2D eigenvalue weighted by atomic mass is 9.98. The van der Waals surface area contributed by atoms with Crippen LogP contribution in [-0.4, -0.2) is 13.0 Å². The molecule has 0 fully saturated rings. The van der Waals surface area contributed by atoms with Gasteiger partial charge in [0.05, 0.1) is 4.91 Å². The lowest BCUT2D eigenvalue weighted by Gasteiger charge is -2.13. The smallest absolute Gasteiger partial charge is 0.282 e. The SMILES string of the molecule is O=S(=O)(O)C1=Cc2ccccc2CC1. The zero-order chi connectivity index (χ0) is 10.2.